The third-order valence-corrected chi connectivity index (χ3v) is 6.34. The fraction of sp³-hybridized carbons (Fsp3) is 0.458. The number of benzene rings is 2. The highest BCUT2D eigenvalue weighted by molar-refractivity contribution is 5.84. The van der Waals surface area contributed by atoms with E-state index in [0.717, 1.165) is 5.56 Å². The number of rotatable bonds is 6. The highest BCUT2D eigenvalue weighted by Crippen LogP contribution is 2.39. The van der Waals surface area contributed by atoms with E-state index in [2.05, 4.69) is 10.5 Å². The molecule has 1 aliphatic heterocycles. The van der Waals surface area contributed by atoms with Gasteiger partial charge in [-0.05, 0) is 56.0 Å². The van der Waals surface area contributed by atoms with E-state index < -0.39 is 35.1 Å². The van der Waals surface area contributed by atoms with E-state index in [1.54, 1.807) is 6.92 Å². The van der Waals surface area contributed by atoms with Crippen LogP contribution >= 0.6 is 0 Å². The summed E-state index contributed by atoms with van der Waals surface area (Å²) >= 11 is 0. The van der Waals surface area contributed by atoms with Crippen molar-refractivity contribution < 1.29 is 36.3 Å². The molecule has 4 nitrogen and oxygen atoms in total. The number of hydrogen-bond acceptors (Lipinski definition) is 4. The van der Waals surface area contributed by atoms with E-state index in [1.807, 2.05) is 30.3 Å². The van der Waals surface area contributed by atoms with Crippen molar-refractivity contribution >= 4 is 5.71 Å². The van der Waals surface area contributed by atoms with E-state index in [0.29, 0.717) is 37.2 Å². The van der Waals surface area contributed by atoms with Crippen LogP contribution in [0.4, 0.5) is 26.3 Å². The molecule has 2 aromatic carbocycles. The van der Waals surface area contributed by atoms with Crippen molar-refractivity contribution in [2.24, 2.45) is 11.1 Å². The zero-order valence-electron chi connectivity index (χ0n) is 18.7. The van der Waals surface area contributed by atoms with Gasteiger partial charge in [0, 0.05) is 12.5 Å². The van der Waals surface area contributed by atoms with Crippen molar-refractivity contribution in [3.63, 3.8) is 0 Å². The summed E-state index contributed by atoms with van der Waals surface area (Å²) in [7, 11) is 0. The van der Waals surface area contributed by atoms with Crippen molar-refractivity contribution in [1.29, 1.82) is 0 Å². The summed E-state index contributed by atoms with van der Waals surface area (Å²) in [5.74, 6) is -0.00271. The first-order valence-corrected chi connectivity index (χ1v) is 10.8. The van der Waals surface area contributed by atoms with E-state index in [4.69, 9.17) is 9.94 Å². The predicted octanol–water partition coefficient (Wildman–Crippen LogP) is 6.55. The molecule has 0 aliphatic carbocycles. The number of hydrogen-bond donors (Lipinski definition) is 2. The van der Waals surface area contributed by atoms with Crippen molar-refractivity contribution in [1.82, 2.24) is 5.32 Å². The smallest absolute Gasteiger partial charge is 0.411 e. The van der Waals surface area contributed by atoms with Crippen LogP contribution in [0.15, 0.2) is 53.7 Å². The lowest BCUT2D eigenvalue weighted by atomic mass is 9.78. The van der Waals surface area contributed by atoms with Crippen LogP contribution in [0.25, 0.3) is 0 Å². The van der Waals surface area contributed by atoms with Gasteiger partial charge in [-0.15, -0.1) is 0 Å². The molecule has 0 amide bonds. The molecule has 186 valence electrons. The van der Waals surface area contributed by atoms with Crippen molar-refractivity contribution in [2.75, 3.05) is 13.2 Å². The summed E-state index contributed by atoms with van der Waals surface area (Å²) in [5.41, 5.74) is -2.18. The van der Waals surface area contributed by atoms with Crippen LogP contribution in [0.3, 0.4) is 0 Å². The summed E-state index contributed by atoms with van der Waals surface area (Å²) in [5, 5.41) is 15.8. The molecule has 3 rings (SSSR count). The Kier molecular flexibility index (Phi) is 7.62. The molecule has 1 heterocycles. The van der Waals surface area contributed by atoms with Gasteiger partial charge >= 0.3 is 12.4 Å². The highest BCUT2D eigenvalue weighted by atomic mass is 19.4. The normalized spacial score (nSPS) is 23.1. The van der Waals surface area contributed by atoms with Crippen LogP contribution in [0.2, 0.25) is 0 Å². The average Bonchev–Trinajstić information content (AvgIpc) is 2.81. The molecule has 1 aliphatic rings. The number of alkyl halides is 6. The van der Waals surface area contributed by atoms with Gasteiger partial charge in [0.05, 0.1) is 35.1 Å². The minimum Gasteiger partial charge on any atom is -0.411 e. The predicted molar refractivity (Wildman–Crippen MR) is 115 cm³/mol. The maximum Gasteiger partial charge on any atom is 0.416 e. The standard InChI is InChI=1S/C24H26F6N2O2/c1-15(32-33)17-8-9-22(31-13-17,19-6-4-3-5-7-19)14-34-16(2)18-10-20(23(25,26)27)12-21(11-18)24(28,29)30/h3-7,10-12,16-17,31,33H,8-9,13-14H2,1-2H3/b32-15+/t16?,17?,22-/m1/s1. The topological polar surface area (TPSA) is 53.9 Å². The number of nitrogens with zero attached hydrogens (tertiary/aromatic N) is 1. The minimum absolute atomic E-state index is 0.00271. The van der Waals surface area contributed by atoms with Gasteiger partial charge < -0.3 is 15.3 Å². The van der Waals surface area contributed by atoms with E-state index in [9.17, 15) is 26.3 Å². The van der Waals surface area contributed by atoms with Gasteiger partial charge in [0.2, 0.25) is 0 Å². The fourth-order valence-electron chi connectivity index (χ4n) is 4.16. The SMILES string of the molecule is C/C(=N\O)C1CC[C@@](COC(C)c2cc(C(F)(F)F)cc(C(F)(F)F)c2)(c2ccccc2)NC1. The molecule has 1 fully saturated rings. The molecule has 10 heteroatoms. The molecule has 0 aromatic heterocycles. The molecule has 3 atom stereocenters. The first kappa shape index (κ1) is 26.0. The zero-order valence-corrected chi connectivity index (χ0v) is 18.7. The molecule has 0 spiro atoms. The molecule has 1 saturated heterocycles. The third-order valence-electron chi connectivity index (χ3n) is 6.34. The summed E-state index contributed by atoms with van der Waals surface area (Å²) in [6, 6.07) is 10.8. The molecular formula is C24H26F6N2O2. The van der Waals surface area contributed by atoms with Crippen molar-refractivity contribution in [3.8, 4) is 0 Å². The summed E-state index contributed by atoms with van der Waals surface area (Å²) in [4.78, 5) is 0. The Bertz CT molecular complexity index is 965. The van der Waals surface area contributed by atoms with E-state index >= 15 is 0 Å². The Morgan fingerprint density at radius 3 is 2.15 bits per heavy atom. The summed E-state index contributed by atoms with van der Waals surface area (Å²) in [6.07, 6.45) is -9.64. The maximum absolute atomic E-state index is 13.2. The minimum atomic E-state index is -4.92. The van der Waals surface area contributed by atoms with Gasteiger partial charge in [-0.2, -0.15) is 26.3 Å². The van der Waals surface area contributed by atoms with Gasteiger partial charge in [0.15, 0.2) is 0 Å². The molecule has 2 unspecified atom stereocenters. The Morgan fingerprint density at radius 1 is 1.09 bits per heavy atom. The number of ether oxygens (including phenoxy) is 1. The third kappa shape index (κ3) is 5.90. The molecule has 34 heavy (non-hydrogen) atoms. The molecule has 2 N–H and O–H groups in total. The summed E-state index contributed by atoms with van der Waals surface area (Å²) in [6.45, 7) is 3.65. The average molecular weight is 488 g/mol. The van der Waals surface area contributed by atoms with E-state index in [1.165, 1.54) is 6.92 Å². The maximum atomic E-state index is 13.2. The van der Waals surface area contributed by atoms with Crippen molar-refractivity contribution in [2.45, 2.75) is 50.7 Å². The largest absolute Gasteiger partial charge is 0.416 e. The second-order valence-electron chi connectivity index (χ2n) is 8.60. The monoisotopic (exact) mass is 488 g/mol. The zero-order chi connectivity index (χ0) is 25.1. The van der Waals surface area contributed by atoms with Gasteiger partial charge in [-0.25, -0.2) is 0 Å². The lowest BCUT2D eigenvalue weighted by Crippen LogP contribution is -2.53. The highest BCUT2D eigenvalue weighted by Gasteiger charge is 2.40. The van der Waals surface area contributed by atoms with Crippen LogP contribution in [-0.2, 0) is 22.6 Å². The van der Waals surface area contributed by atoms with Crippen LogP contribution in [0.5, 0.6) is 0 Å². The Morgan fingerprint density at radius 2 is 1.68 bits per heavy atom. The van der Waals surface area contributed by atoms with Crippen LogP contribution in [0, 0.1) is 5.92 Å². The lowest BCUT2D eigenvalue weighted by molar-refractivity contribution is -0.143. The van der Waals surface area contributed by atoms with E-state index in [-0.39, 0.29) is 24.2 Å². The van der Waals surface area contributed by atoms with Gasteiger partial charge in [0.1, 0.15) is 0 Å². The van der Waals surface area contributed by atoms with Crippen LogP contribution < -0.4 is 5.32 Å². The second kappa shape index (κ2) is 9.95. The molecule has 2 aromatic rings. The lowest BCUT2D eigenvalue weighted by Gasteiger charge is -2.42. The Hall–Kier alpha value is -2.59. The number of halogens is 6. The quantitative estimate of drug-likeness (QED) is 0.210. The molecule has 0 saturated carbocycles. The summed E-state index contributed by atoms with van der Waals surface area (Å²) < 4.78 is 85.4. The first-order valence-electron chi connectivity index (χ1n) is 10.8. The van der Waals surface area contributed by atoms with Crippen LogP contribution in [-0.4, -0.2) is 24.1 Å². The molecule has 0 radical (unpaired) electrons. The number of piperidine rings is 1. The molecule has 0 bridgehead atoms. The van der Waals surface area contributed by atoms with Gasteiger partial charge in [0.25, 0.3) is 0 Å². The Labute approximate surface area is 193 Å². The van der Waals surface area contributed by atoms with Gasteiger partial charge in [-0.1, -0.05) is 35.5 Å². The first-order chi connectivity index (χ1) is 15.9. The van der Waals surface area contributed by atoms with Gasteiger partial charge in [-0.3, -0.25) is 0 Å². The second-order valence-corrected chi connectivity index (χ2v) is 8.60. The molecular weight excluding hydrogens is 462 g/mol. The fourth-order valence-corrected chi connectivity index (χ4v) is 4.16. The van der Waals surface area contributed by atoms with Crippen molar-refractivity contribution in [3.05, 3.63) is 70.8 Å². The Balaban J connectivity index is 1.86. The number of oxime groups is 1. The van der Waals surface area contributed by atoms with Crippen LogP contribution in [0.1, 0.15) is 55.0 Å². The number of nitrogens with one attached hydrogen (secondary N) is 1.